The highest BCUT2D eigenvalue weighted by Gasteiger charge is 2.20. The third-order valence-corrected chi connectivity index (χ3v) is 5.61. The van der Waals surface area contributed by atoms with Crippen molar-refractivity contribution in [1.82, 2.24) is 10.7 Å². The molecular formula is C28H24N4O6. The number of methoxy groups -OCH3 is 1. The van der Waals surface area contributed by atoms with Crippen LogP contribution in [-0.4, -0.2) is 30.1 Å². The van der Waals surface area contributed by atoms with Crippen molar-refractivity contribution in [2.45, 2.75) is 12.5 Å². The number of nitro benzene ring substituents is 1. The number of nitro groups is 1. The summed E-state index contributed by atoms with van der Waals surface area (Å²) in [6.07, 6.45) is 1.23. The Morgan fingerprint density at radius 1 is 1.03 bits per heavy atom. The van der Waals surface area contributed by atoms with E-state index in [1.54, 1.807) is 42.5 Å². The van der Waals surface area contributed by atoms with Crippen LogP contribution in [0.15, 0.2) is 101 Å². The van der Waals surface area contributed by atoms with Crippen LogP contribution in [0.2, 0.25) is 0 Å². The number of ether oxygens (including phenoxy) is 1. The first-order valence-electron chi connectivity index (χ1n) is 11.6. The average Bonchev–Trinajstić information content (AvgIpc) is 3.42. The molecule has 192 valence electrons. The van der Waals surface area contributed by atoms with E-state index < -0.39 is 16.9 Å². The number of hydrazone groups is 1. The molecule has 0 aliphatic carbocycles. The van der Waals surface area contributed by atoms with E-state index in [1.165, 1.54) is 25.5 Å². The molecule has 10 heteroatoms. The molecule has 0 spiro atoms. The summed E-state index contributed by atoms with van der Waals surface area (Å²) in [4.78, 5) is 36.3. The van der Waals surface area contributed by atoms with Gasteiger partial charge in [-0.3, -0.25) is 19.7 Å². The molecule has 0 saturated carbocycles. The fourth-order valence-electron chi connectivity index (χ4n) is 3.73. The van der Waals surface area contributed by atoms with Gasteiger partial charge in [0.15, 0.2) is 0 Å². The second kappa shape index (κ2) is 12.1. The molecule has 38 heavy (non-hydrogen) atoms. The Labute approximate surface area is 218 Å². The Kier molecular flexibility index (Phi) is 8.25. The largest absolute Gasteiger partial charge is 0.497 e. The van der Waals surface area contributed by atoms with Crippen LogP contribution in [0.25, 0.3) is 11.3 Å². The van der Waals surface area contributed by atoms with Crippen molar-refractivity contribution in [3.63, 3.8) is 0 Å². The molecule has 1 heterocycles. The van der Waals surface area contributed by atoms with Gasteiger partial charge in [-0.15, -0.1) is 0 Å². The summed E-state index contributed by atoms with van der Waals surface area (Å²) in [7, 11) is 1.42. The number of benzene rings is 3. The number of furan rings is 1. The molecule has 4 aromatic rings. The molecule has 10 nitrogen and oxygen atoms in total. The monoisotopic (exact) mass is 512 g/mol. The molecular weight excluding hydrogens is 488 g/mol. The molecule has 1 aromatic heterocycles. The number of carbonyl (C=O) groups is 2. The number of nitrogens with zero attached hydrogens (tertiary/aromatic N) is 2. The average molecular weight is 513 g/mol. The number of carbonyl (C=O) groups excluding carboxylic acids is 2. The zero-order chi connectivity index (χ0) is 26.9. The van der Waals surface area contributed by atoms with Gasteiger partial charge in [-0.1, -0.05) is 48.5 Å². The van der Waals surface area contributed by atoms with Gasteiger partial charge in [0.05, 0.1) is 42.3 Å². The van der Waals surface area contributed by atoms with Gasteiger partial charge in [-0.2, -0.15) is 5.10 Å². The quantitative estimate of drug-likeness (QED) is 0.177. The summed E-state index contributed by atoms with van der Waals surface area (Å²) in [5.74, 6) is 0.167. The minimum atomic E-state index is -0.579. The number of amides is 2. The van der Waals surface area contributed by atoms with E-state index in [4.69, 9.17) is 9.15 Å². The molecule has 2 N–H and O–H groups in total. The Balaban J connectivity index is 1.42. The van der Waals surface area contributed by atoms with Crippen LogP contribution in [0.3, 0.4) is 0 Å². The van der Waals surface area contributed by atoms with E-state index in [0.29, 0.717) is 11.3 Å². The molecule has 2 amide bonds. The lowest BCUT2D eigenvalue weighted by Crippen LogP contribution is -2.32. The SMILES string of the molecule is COc1ccc(-c2ccc(/C=N\NC(=O)C[C@@H](NC(=O)c3ccccc3)c3ccccc3)o2)c([N+](=O)[O-])c1. The normalized spacial score (nSPS) is 11.6. The highest BCUT2D eigenvalue weighted by molar-refractivity contribution is 5.94. The van der Waals surface area contributed by atoms with Crippen LogP contribution < -0.4 is 15.5 Å². The van der Waals surface area contributed by atoms with Crippen molar-refractivity contribution >= 4 is 23.7 Å². The minimum absolute atomic E-state index is 0.0542. The van der Waals surface area contributed by atoms with Gasteiger partial charge in [0.1, 0.15) is 17.3 Å². The highest BCUT2D eigenvalue weighted by atomic mass is 16.6. The maximum atomic E-state index is 12.7. The van der Waals surface area contributed by atoms with Gasteiger partial charge in [-0.05, 0) is 42.0 Å². The molecule has 0 saturated heterocycles. The Morgan fingerprint density at radius 3 is 2.42 bits per heavy atom. The first-order valence-corrected chi connectivity index (χ1v) is 11.6. The van der Waals surface area contributed by atoms with Crippen molar-refractivity contribution in [2.75, 3.05) is 7.11 Å². The lowest BCUT2D eigenvalue weighted by atomic mass is 10.0. The van der Waals surface area contributed by atoms with Gasteiger partial charge in [-0.25, -0.2) is 5.43 Å². The molecule has 0 aliphatic heterocycles. The van der Waals surface area contributed by atoms with Gasteiger partial charge < -0.3 is 14.5 Å². The van der Waals surface area contributed by atoms with Gasteiger partial charge in [0.25, 0.3) is 11.6 Å². The zero-order valence-electron chi connectivity index (χ0n) is 20.4. The van der Waals surface area contributed by atoms with E-state index >= 15 is 0 Å². The molecule has 4 rings (SSSR count). The number of hydrogen-bond donors (Lipinski definition) is 2. The second-order valence-corrected chi connectivity index (χ2v) is 8.14. The van der Waals surface area contributed by atoms with E-state index in [9.17, 15) is 19.7 Å². The predicted molar refractivity (Wildman–Crippen MR) is 141 cm³/mol. The fourth-order valence-corrected chi connectivity index (χ4v) is 3.73. The minimum Gasteiger partial charge on any atom is -0.497 e. The first kappa shape index (κ1) is 25.8. The standard InChI is InChI=1S/C28H24N4O6/c1-37-21-12-14-23(25(16-21)32(35)36)26-15-13-22(38-26)18-29-31-27(33)17-24(19-8-4-2-5-9-19)30-28(34)20-10-6-3-7-11-20/h2-16,18,24H,17H2,1H3,(H,30,34)(H,31,33)/b29-18-/t24-/m1/s1. The number of rotatable bonds is 10. The molecule has 0 fully saturated rings. The van der Waals surface area contributed by atoms with Crippen LogP contribution >= 0.6 is 0 Å². The van der Waals surface area contributed by atoms with Gasteiger partial charge in [0, 0.05) is 5.56 Å². The topological polar surface area (TPSA) is 136 Å². The van der Waals surface area contributed by atoms with Gasteiger partial charge >= 0.3 is 0 Å². The maximum absolute atomic E-state index is 12.7. The number of nitrogens with one attached hydrogen (secondary N) is 2. The van der Waals surface area contributed by atoms with Crippen LogP contribution in [0.1, 0.15) is 34.1 Å². The van der Waals surface area contributed by atoms with Crippen molar-refractivity contribution < 1.29 is 23.7 Å². The lowest BCUT2D eigenvalue weighted by Gasteiger charge is -2.18. The van der Waals surface area contributed by atoms with E-state index in [1.807, 2.05) is 36.4 Å². The molecule has 0 unspecified atom stereocenters. The van der Waals surface area contributed by atoms with E-state index in [-0.39, 0.29) is 35.1 Å². The summed E-state index contributed by atoms with van der Waals surface area (Å²) >= 11 is 0. The third-order valence-electron chi connectivity index (χ3n) is 5.61. The van der Waals surface area contributed by atoms with Crippen LogP contribution in [0.5, 0.6) is 5.75 Å². The van der Waals surface area contributed by atoms with Crippen molar-refractivity contribution in [2.24, 2.45) is 5.10 Å². The summed E-state index contributed by atoms with van der Waals surface area (Å²) in [6, 6.07) is 24.9. The Hall–Kier alpha value is -5.25. The van der Waals surface area contributed by atoms with Crippen LogP contribution in [-0.2, 0) is 4.79 Å². The highest BCUT2D eigenvalue weighted by Crippen LogP contribution is 2.33. The maximum Gasteiger partial charge on any atom is 0.284 e. The molecule has 3 aromatic carbocycles. The van der Waals surface area contributed by atoms with E-state index in [2.05, 4.69) is 15.8 Å². The van der Waals surface area contributed by atoms with Crippen molar-refractivity contribution in [3.8, 4) is 17.1 Å². The summed E-state index contributed by atoms with van der Waals surface area (Å²) < 4.78 is 10.7. The molecule has 1 atom stereocenters. The summed E-state index contributed by atoms with van der Waals surface area (Å²) in [5, 5.41) is 18.3. The number of hydrogen-bond acceptors (Lipinski definition) is 7. The first-order chi connectivity index (χ1) is 18.4. The van der Waals surface area contributed by atoms with E-state index in [0.717, 1.165) is 5.56 Å². The van der Waals surface area contributed by atoms with Crippen molar-refractivity contribution in [3.05, 3.63) is 118 Å². The molecule has 0 aliphatic rings. The molecule has 0 bridgehead atoms. The smallest absolute Gasteiger partial charge is 0.284 e. The lowest BCUT2D eigenvalue weighted by molar-refractivity contribution is -0.384. The predicted octanol–water partition coefficient (Wildman–Crippen LogP) is 4.87. The Bertz CT molecular complexity index is 1450. The van der Waals surface area contributed by atoms with Gasteiger partial charge in [0.2, 0.25) is 5.91 Å². The van der Waals surface area contributed by atoms with Crippen molar-refractivity contribution in [1.29, 1.82) is 0 Å². The van der Waals surface area contributed by atoms with Crippen LogP contribution in [0.4, 0.5) is 5.69 Å². The zero-order valence-corrected chi connectivity index (χ0v) is 20.4. The third kappa shape index (κ3) is 6.49. The summed E-state index contributed by atoms with van der Waals surface area (Å²) in [5.41, 5.74) is 3.80. The van der Waals surface area contributed by atoms with Crippen LogP contribution in [0, 0.1) is 10.1 Å². The Morgan fingerprint density at radius 2 is 1.74 bits per heavy atom. The fraction of sp³-hybridized carbons (Fsp3) is 0.107. The molecule has 0 radical (unpaired) electrons. The second-order valence-electron chi connectivity index (χ2n) is 8.14. The summed E-state index contributed by atoms with van der Waals surface area (Å²) in [6.45, 7) is 0.